The van der Waals surface area contributed by atoms with Crippen LogP contribution in [0.5, 0.6) is 0 Å². The van der Waals surface area contributed by atoms with Gasteiger partial charge in [-0.05, 0) is 24.3 Å². The number of urea groups is 1. The van der Waals surface area contributed by atoms with Crippen molar-refractivity contribution in [3.8, 4) is 11.8 Å². The molecular formula is C19H11Cl2N3O3. The van der Waals surface area contributed by atoms with Gasteiger partial charge in [-0.25, -0.2) is 4.79 Å². The van der Waals surface area contributed by atoms with Gasteiger partial charge in [0.25, 0.3) is 11.8 Å². The molecule has 1 atom stereocenters. The molecule has 2 N–H and O–H groups in total. The zero-order valence-corrected chi connectivity index (χ0v) is 15.2. The summed E-state index contributed by atoms with van der Waals surface area (Å²) in [7, 11) is 0. The number of fused-ring (bicyclic) bond motifs is 2. The van der Waals surface area contributed by atoms with Crippen LogP contribution in [0.1, 0.15) is 11.1 Å². The first-order valence-corrected chi connectivity index (χ1v) is 8.68. The maximum atomic E-state index is 12.7. The molecule has 8 heteroatoms. The summed E-state index contributed by atoms with van der Waals surface area (Å²) in [6.07, 6.45) is 0. The van der Waals surface area contributed by atoms with Gasteiger partial charge in [0, 0.05) is 16.8 Å². The van der Waals surface area contributed by atoms with Crippen molar-refractivity contribution in [1.29, 1.82) is 0 Å². The molecule has 2 aliphatic heterocycles. The average Bonchev–Trinajstić information content (AvgIpc) is 3.07. The van der Waals surface area contributed by atoms with Crippen molar-refractivity contribution in [1.82, 2.24) is 10.2 Å². The fourth-order valence-electron chi connectivity index (χ4n) is 3.25. The lowest BCUT2D eigenvalue weighted by Gasteiger charge is -2.28. The summed E-state index contributed by atoms with van der Waals surface area (Å²) in [5.41, 5.74) is -0.231. The van der Waals surface area contributed by atoms with Crippen LogP contribution in [0.3, 0.4) is 0 Å². The molecule has 1 saturated heterocycles. The van der Waals surface area contributed by atoms with Crippen LogP contribution in [0, 0.1) is 11.8 Å². The number of benzene rings is 2. The van der Waals surface area contributed by atoms with Crippen molar-refractivity contribution in [2.45, 2.75) is 5.54 Å². The minimum absolute atomic E-state index is 0.125. The van der Waals surface area contributed by atoms with Gasteiger partial charge in [0.1, 0.15) is 0 Å². The van der Waals surface area contributed by atoms with E-state index in [9.17, 15) is 14.4 Å². The van der Waals surface area contributed by atoms with Gasteiger partial charge in [-0.3, -0.25) is 19.8 Å². The molecule has 134 valence electrons. The lowest BCUT2D eigenvalue weighted by atomic mass is 9.90. The number of para-hydroxylation sites is 1. The third-order valence-electron chi connectivity index (χ3n) is 4.48. The van der Waals surface area contributed by atoms with Crippen molar-refractivity contribution < 1.29 is 14.4 Å². The summed E-state index contributed by atoms with van der Waals surface area (Å²) in [5, 5.41) is 5.64. The lowest BCUT2D eigenvalue weighted by Crippen LogP contribution is -2.52. The highest BCUT2D eigenvalue weighted by Gasteiger charge is 2.63. The van der Waals surface area contributed by atoms with Gasteiger partial charge >= 0.3 is 6.03 Å². The second-order valence-corrected chi connectivity index (χ2v) is 6.80. The van der Waals surface area contributed by atoms with Crippen LogP contribution < -0.4 is 10.6 Å². The SMILES string of the molecule is O=C1NC(=O)[C@@]2(C(=O)Nc3ccccc32)N1CC#Cc1ccc(Cl)c(Cl)c1. The third kappa shape index (κ3) is 2.55. The molecular weight excluding hydrogens is 389 g/mol. The smallest absolute Gasteiger partial charge is 0.323 e. The number of amides is 4. The van der Waals surface area contributed by atoms with Crippen LogP contribution in [0.25, 0.3) is 0 Å². The first-order chi connectivity index (χ1) is 12.9. The number of imide groups is 1. The molecule has 0 aliphatic carbocycles. The first kappa shape index (κ1) is 17.4. The van der Waals surface area contributed by atoms with E-state index in [2.05, 4.69) is 22.5 Å². The van der Waals surface area contributed by atoms with Crippen LogP contribution >= 0.6 is 23.2 Å². The number of carbonyl (C=O) groups is 3. The maximum Gasteiger partial charge on any atom is 0.326 e. The van der Waals surface area contributed by atoms with Gasteiger partial charge in [-0.2, -0.15) is 0 Å². The second-order valence-electron chi connectivity index (χ2n) is 5.99. The number of carbonyl (C=O) groups excluding carboxylic acids is 3. The van der Waals surface area contributed by atoms with E-state index in [-0.39, 0.29) is 6.54 Å². The highest BCUT2D eigenvalue weighted by atomic mass is 35.5. The number of hydrogen-bond donors (Lipinski definition) is 2. The van der Waals surface area contributed by atoms with Gasteiger partial charge in [-0.15, -0.1) is 0 Å². The number of rotatable bonds is 1. The van der Waals surface area contributed by atoms with E-state index in [1.165, 1.54) is 0 Å². The Hall–Kier alpha value is -3.01. The summed E-state index contributed by atoms with van der Waals surface area (Å²) >= 11 is 11.8. The topological polar surface area (TPSA) is 78.5 Å². The highest BCUT2D eigenvalue weighted by Crippen LogP contribution is 2.42. The van der Waals surface area contributed by atoms with Crippen molar-refractivity contribution in [2.75, 3.05) is 11.9 Å². The van der Waals surface area contributed by atoms with Crippen molar-refractivity contribution in [3.63, 3.8) is 0 Å². The van der Waals surface area contributed by atoms with E-state index in [1.54, 1.807) is 42.5 Å². The van der Waals surface area contributed by atoms with E-state index in [1.807, 2.05) is 0 Å². The molecule has 0 aromatic heterocycles. The summed E-state index contributed by atoms with van der Waals surface area (Å²) < 4.78 is 0. The summed E-state index contributed by atoms with van der Waals surface area (Å²) in [5.74, 6) is 4.42. The summed E-state index contributed by atoms with van der Waals surface area (Å²) in [4.78, 5) is 38.8. The molecule has 27 heavy (non-hydrogen) atoms. The van der Waals surface area contributed by atoms with Crippen molar-refractivity contribution in [2.24, 2.45) is 0 Å². The van der Waals surface area contributed by atoms with Crippen molar-refractivity contribution in [3.05, 3.63) is 63.6 Å². The summed E-state index contributed by atoms with van der Waals surface area (Å²) in [6.45, 7) is -0.125. The molecule has 0 bridgehead atoms. The Labute approximate surface area is 164 Å². The Kier molecular flexibility index (Phi) is 4.06. The van der Waals surface area contributed by atoms with Gasteiger partial charge in [0.15, 0.2) is 0 Å². The minimum Gasteiger partial charge on any atom is -0.323 e. The predicted octanol–water partition coefficient (Wildman–Crippen LogP) is 2.74. The van der Waals surface area contributed by atoms with Gasteiger partial charge < -0.3 is 5.32 Å². The van der Waals surface area contributed by atoms with Crippen LogP contribution in [0.2, 0.25) is 10.0 Å². The Morgan fingerprint density at radius 2 is 1.70 bits per heavy atom. The maximum absolute atomic E-state index is 12.7. The molecule has 1 fully saturated rings. The normalized spacial score (nSPS) is 20.2. The molecule has 2 aromatic carbocycles. The zero-order chi connectivity index (χ0) is 19.2. The number of nitrogens with one attached hydrogen (secondary N) is 2. The van der Waals surface area contributed by atoms with Gasteiger partial charge in [0.2, 0.25) is 5.54 Å². The Balaban J connectivity index is 1.71. The number of hydrogen-bond acceptors (Lipinski definition) is 3. The second kappa shape index (κ2) is 6.31. The molecule has 2 aromatic rings. The average molecular weight is 400 g/mol. The first-order valence-electron chi connectivity index (χ1n) is 7.92. The molecule has 0 radical (unpaired) electrons. The molecule has 2 aliphatic rings. The fraction of sp³-hybridized carbons (Fsp3) is 0.105. The monoisotopic (exact) mass is 399 g/mol. The molecule has 4 amide bonds. The van der Waals surface area contributed by atoms with E-state index in [0.29, 0.717) is 26.9 Å². The Bertz CT molecular complexity index is 1070. The predicted molar refractivity (Wildman–Crippen MR) is 100 cm³/mol. The summed E-state index contributed by atoms with van der Waals surface area (Å²) in [6, 6.07) is 11.0. The number of nitrogens with zero attached hydrogens (tertiary/aromatic N) is 1. The number of halogens is 2. The molecule has 6 nitrogen and oxygen atoms in total. The lowest BCUT2D eigenvalue weighted by molar-refractivity contribution is -0.136. The van der Waals surface area contributed by atoms with E-state index in [0.717, 1.165) is 4.90 Å². The third-order valence-corrected chi connectivity index (χ3v) is 5.22. The number of anilines is 1. The van der Waals surface area contributed by atoms with Gasteiger partial charge in [0.05, 0.1) is 16.6 Å². The Morgan fingerprint density at radius 3 is 2.48 bits per heavy atom. The van der Waals surface area contributed by atoms with E-state index >= 15 is 0 Å². The molecule has 4 rings (SSSR count). The van der Waals surface area contributed by atoms with Gasteiger partial charge in [-0.1, -0.05) is 53.2 Å². The standard InChI is InChI=1S/C19H11Cl2N3O3/c20-13-8-7-11(10-14(13)21)4-3-9-24-18(27)23-17(26)19(24)12-5-1-2-6-15(12)22-16(19)25/h1-2,5-8,10H,9H2,(H,22,25)(H,23,26,27)/t19-/m1/s1. The molecule has 1 spiro atoms. The zero-order valence-electron chi connectivity index (χ0n) is 13.7. The van der Waals surface area contributed by atoms with Crippen LogP contribution in [0.15, 0.2) is 42.5 Å². The molecule has 2 heterocycles. The van der Waals surface area contributed by atoms with Crippen LogP contribution in [-0.4, -0.2) is 29.3 Å². The largest absolute Gasteiger partial charge is 0.326 e. The minimum atomic E-state index is -1.75. The van der Waals surface area contributed by atoms with E-state index < -0.39 is 23.4 Å². The Morgan fingerprint density at radius 1 is 0.963 bits per heavy atom. The fourth-order valence-corrected chi connectivity index (χ4v) is 3.55. The van der Waals surface area contributed by atoms with Crippen molar-refractivity contribution >= 4 is 46.7 Å². The van der Waals surface area contributed by atoms with E-state index in [4.69, 9.17) is 23.2 Å². The van der Waals surface area contributed by atoms with Crippen LogP contribution in [0.4, 0.5) is 10.5 Å². The van der Waals surface area contributed by atoms with Crippen LogP contribution in [-0.2, 0) is 15.1 Å². The quantitative estimate of drug-likeness (QED) is 0.439. The molecule has 0 unspecified atom stereocenters. The molecule has 0 saturated carbocycles. The highest BCUT2D eigenvalue weighted by molar-refractivity contribution is 6.42.